The average Bonchev–Trinajstić information content (AvgIpc) is 3.54. The molecule has 0 bridgehead atoms. The Morgan fingerprint density at radius 2 is 1.85 bits per heavy atom. The lowest BCUT2D eigenvalue weighted by Gasteiger charge is -2.34. The standard InChI is InChI=1S/C26H26N4O2S2/c31-24-23-20(21-6-3-13-33-21)16-34-25(23)28-22(27-24)15-29-9-11-30(12-10-29)26(32)19-8-7-17-4-1-2-5-18(17)14-19/h3,6-8,13-14,16H,1-2,4-5,9-12,15H2,(H,27,28,31). The summed E-state index contributed by atoms with van der Waals surface area (Å²) in [6.45, 7) is 3.48. The first-order valence-electron chi connectivity index (χ1n) is 11.8. The highest BCUT2D eigenvalue weighted by Gasteiger charge is 2.24. The van der Waals surface area contributed by atoms with Crippen molar-refractivity contribution in [1.29, 1.82) is 0 Å². The Morgan fingerprint density at radius 3 is 2.65 bits per heavy atom. The molecule has 174 valence electrons. The molecular formula is C26H26N4O2S2. The van der Waals surface area contributed by atoms with Gasteiger partial charge in [0.15, 0.2) is 0 Å². The zero-order chi connectivity index (χ0) is 23.1. The number of nitrogens with zero attached hydrogens (tertiary/aromatic N) is 3. The van der Waals surface area contributed by atoms with E-state index in [0.717, 1.165) is 46.8 Å². The van der Waals surface area contributed by atoms with Crippen molar-refractivity contribution < 1.29 is 4.79 Å². The van der Waals surface area contributed by atoms with Crippen LogP contribution in [0.5, 0.6) is 0 Å². The molecule has 4 aromatic rings. The summed E-state index contributed by atoms with van der Waals surface area (Å²) in [6, 6.07) is 10.3. The fraction of sp³-hybridized carbons (Fsp3) is 0.346. The summed E-state index contributed by atoms with van der Waals surface area (Å²) in [6.07, 6.45) is 4.67. The quantitative estimate of drug-likeness (QED) is 0.456. The molecule has 34 heavy (non-hydrogen) atoms. The molecule has 1 N–H and O–H groups in total. The largest absolute Gasteiger partial charge is 0.336 e. The number of rotatable bonds is 4. The van der Waals surface area contributed by atoms with Gasteiger partial charge in [0.1, 0.15) is 10.7 Å². The number of benzene rings is 1. The van der Waals surface area contributed by atoms with Crippen molar-refractivity contribution in [3.05, 3.63) is 74.0 Å². The van der Waals surface area contributed by atoms with Crippen molar-refractivity contribution in [1.82, 2.24) is 19.8 Å². The SMILES string of the molecule is O=C(c1ccc2c(c1)CCCC2)N1CCN(Cc2nc3scc(-c4cccs4)c3c(=O)[nH]2)CC1. The minimum absolute atomic E-state index is 0.0779. The molecule has 0 saturated carbocycles. The van der Waals surface area contributed by atoms with Crippen molar-refractivity contribution >= 4 is 38.8 Å². The molecule has 6 nitrogen and oxygen atoms in total. The van der Waals surface area contributed by atoms with Crippen LogP contribution in [0.25, 0.3) is 20.7 Å². The van der Waals surface area contributed by atoms with E-state index in [-0.39, 0.29) is 11.5 Å². The minimum Gasteiger partial charge on any atom is -0.336 e. The number of piperazine rings is 1. The van der Waals surface area contributed by atoms with Gasteiger partial charge in [-0.1, -0.05) is 12.1 Å². The molecule has 0 radical (unpaired) electrons. The maximum absolute atomic E-state index is 13.1. The summed E-state index contributed by atoms with van der Waals surface area (Å²) >= 11 is 3.15. The summed E-state index contributed by atoms with van der Waals surface area (Å²) in [5.41, 5.74) is 4.44. The van der Waals surface area contributed by atoms with Crippen molar-refractivity contribution in [2.24, 2.45) is 0 Å². The Labute approximate surface area is 205 Å². The van der Waals surface area contributed by atoms with E-state index in [2.05, 4.69) is 22.0 Å². The fourth-order valence-corrected chi connectivity index (χ4v) is 6.83. The second-order valence-corrected chi connectivity index (χ2v) is 10.9. The zero-order valence-electron chi connectivity index (χ0n) is 18.9. The Hall–Kier alpha value is -2.81. The fourth-order valence-electron chi connectivity index (χ4n) is 5.05. The number of carbonyl (C=O) groups is 1. The van der Waals surface area contributed by atoms with Gasteiger partial charge in [0.25, 0.3) is 11.5 Å². The number of fused-ring (bicyclic) bond motifs is 2. The molecule has 1 aliphatic carbocycles. The monoisotopic (exact) mass is 490 g/mol. The van der Waals surface area contributed by atoms with Gasteiger partial charge >= 0.3 is 0 Å². The van der Waals surface area contributed by atoms with Gasteiger partial charge in [-0.2, -0.15) is 0 Å². The molecule has 0 spiro atoms. The van der Waals surface area contributed by atoms with Crippen LogP contribution in [0.4, 0.5) is 0 Å². The smallest absolute Gasteiger partial charge is 0.260 e. The number of thiophene rings is 2. The molecule has 4 heterocycles. The number of aryl methyl sites for hydroxylation is 2. The number of H-pyrrole nitrogens is 1. The molecule has 1 aliphatic heterocycles. The maximum atomic E-state index is 13.1. The van der Waals surface area contributed by atoms with Crippen LogP contribution >= 0.6 is 22.7 Å². The van der Waals surface area contributed by atoms with Gasteiger partial charge in [-0.05, 0) is 60.4 Å². The molecular weight excluding hydrogens is 464 g/mol. The first-order chi connectivity index (χ1) is 16.7. The molecule has 1 saturated heterocycles. The molecule has 3 aromatic heterocycles. The summed E-state index contributed by atoms with van der Waals surface area (Å²) < 4.78 is 0. The molecule has 1 fully saturated rings. The van der Waals surface area contributed by atoms with Gasteiger partial charge in [0, 0.05) is 47.6 Å². The Balaban J connectivity index is 1.12. The Morgan fingerprint density at radius 1 is 1.03 bits per heavy atom. The zero-order valence-corrected chi connectivity index (χ0v) is 20.5. The van der Waals surface area contributed by atoms with Crippen LogP contribution in [0.15, 0.2) is 45.9 Å². The van der Waals surface area contributed by atoms with E-state index in [4.69, 9.17) is 4.98 Å². The average molecular weight is 491 g/mol. The Kier molecular flexibility index (Phi) is 5.80. The molecule has 6 rings (SSSR count). The minimum atomic E-state index is -0.0779. The summed E-state index contributed by atoms with van der Waals surface area (Å²) in [7, 11) is 0. The number of hydrogen-bond donors (Lipinski definition) is 1. The third-order valence-electron chi connectivity index (χ3n) is 6.91. The van der Waals surface area contributed by atoms with E-state index in [9.17, 15) is 9.59 Å². The number of aromatic nitrogens is 2. The van der Waals surface area contributed by atoms with E-state index in [1.165, 1.54) is 35.3 Å². The third-order valence-corrected chi connectivity index (χ3v) is 8.68. The topological polar surface area (TPSA) is 69.3 Å². The highest BCUT2D eigenvalue weighted by atomic mass is 32.1. The predicted molar refractivity (Wildman–Crippen MR) is 138 cm³/mol. The molecule has 0 atom stereocenters. The number of hydrogen-bond acceptors (Lipinski definition) is 6. The highest BCUT2D eigenvalue weighted by molar-refractivity contribution is 7.18. The van der Waals surface area contributed by atoms with Crippen LogP contribution in [0.3, 0.4) is 0 Å². The summed E-state index contributed by atoms with van der Waals surface area (Å²) in [4.78, 5) is 39.8. The Bertz CT molecular complexity index is 1400. The second kappa shape index (κ2) is 9.09. The van der Waals surface area contributed by atoms with Crippen LogP contribution in [0.1, 0.15) is 40.2 Å². The van der Waals surface area contributed by atoms with E-state index < -0.39 is 0 Å². The lowest BCUT2D eigenvalue weighted by molar-refractivity contribution is 0.0625. The lowest BCUT2D eigenvalue weighted by Crippen LogP contribution is -2.48. The number of aromatic amines is 1. The van der Waals surface area contributed by atoms with Crippen LogP contribution in [-0.2, 0) is 19.4 Å². The third kappa shape index (κ3) is 4.10. The van der Waals surface area contributed by atoms with Gasteiger partial charge in [-0.3, -0.25) is 14.5 Å². The first-order valence-corrected chi connectivity index (χ1v) is 13.6. The normalized spacial score (nSPS) is 16.6. The van der Waals surface area contributed by atoms with Crippen LogP contribution < -0.4 is 5.56 Å². The van der Waals surface area contributed by atoms with Crippen LogP contribution in [0, 0.1) is 0 Å². The van der Waals surface area contributed by atoms with Gasteiger partial charge < -0.3 is 9.88 Å². The number of carbonyl (C=O) groups excluding carboxylic acids is 1. The van der Waals surface area contributed by atoms with Crippen molar-refractivity contribution in [3.8, 4) is 10.4 Å². The van der Waals surface area contributed by atoms with Crippen molar-refractivity contribution in [2.45, 2.75) is 32.2 Å². The number of nitrogens with one attached hydrogen (secondary N) is 1. The second-order valence-electron chi connectivity index (χ2n) is 9.08. The predicted octanol–water partition coefficient (Wildman–Crippen LogP) is 4.55. The lowest BCUT2D eigenvalue weighted by atomic mass is 9.90. The molecule has 0 unspecified atom stereocenters. The van der Waals surface area contributed by atoms with Crippen molar-refractivity contribution in [2.75, 3.05) is 26.2 Å². The highest BCUT2D eigenvalue weighted by Crippen LogP contribution is 2.33. The molecule has 1 amide bonds. The molecule has 8 heteroatoms. The number of amides is 1. The maximum Gasteiger partial charge on any atom is 0.260 e. The van der Waals surface area contributed by atoms with Crippen LogP contribution in [-0.4, -0.2) is 51.9 Å². The van der Waals surface area contributed by atoms with E-state index >= 15 is 0 Å². The van der Waals surface area contributed by atoms with Gasteiger partial charge in [0.05, 0.1) is 11.9 Å². The van der Waals surface area contributed by atoms with Gasteiger partial charge in [0.2, 0.25) is 0 Å². The van der Waals surface area contributed by atoms with E-state index in [1.807, 2.05) is 33.9 Å². The molecule has 1 aromatic carbocycles. The van der Waals surface area contributed by atoms with Gasteiger partial charge in [-0.15, -0.1) is 22.7 Å². The summed E-state index contributed by atoms with van der Waals surface area (Å²) in [5, 5.41) is 4.72. The summed E-state index contributed by atoms with van der Waals surface area (Å²) in [5.74, 6) is 0.812. The van der Waals surface area contributed by atoms with E-state index in [0.29, 0.717) is 30.8 Å². The van der Waals surface area contributed by atoms with Gasteiger partial charge in [-0.25, -0.2) is 4.98 Å². The first kappa shape index (κ1) is 21.7. The van der Waals surface area contributed by atoms with Crippen molar-refractivity contribution in [3.63, 3.8) is 0 Å². The molecule has 2 aliphatic rings. The van der Waals surface area contributed by atoms with Crippen LogP contribution in [0.2, 0.25) is 0 Å². The van der Waals surface area contributed by atoms with E-state index in [1.54, 1.807) is 11.3 Å².